The molecule has 8 nitrogen and oxygen atoms in total. The summed E-state index contributed by atoms with van der Waals surface area (Å²) in [6.07, 6.45) is 1.78. The number of nitrogens with zero attached hydrogens (tertiary/aromatic N) is 6. The van der Waals surface area contributed by atoms with Gasteiger partial charge in [0.1, 0.15) is 11.3 Å². The Kier molecular flexibility index (Phi) is 5.39. The Morgan fingerprint density at radius 3 is 2.66 bits per heavy atom. The number of fused-ring (bicyclic) bond motifs is 1. The lowest BCUT2D eigenvalue weighted by Crippen LogP contribution is -2.23. The first-order valence-electron chi connectivity index (χ1n) is 8.85. The summed E-state index contributed by atoms with van der Waals surface area (Å²) in [4.78, 5) is 12.6. The van der Waals surface area contributed by atoms with Crippen LogP contribution in [0.1, 0.15) is 0 Å². The van der Waals surface area contributed by atoms with Crippen molar-refractivity contribution in [3.63, 3.8) is 0 Å². The Morgan fingerprint density at radius 1 is 1.10 bits per heavy atom. The van der Waals surface area contributed by atoms with Crippen molar-refractivity contribution in [3.8, 4) is 17.1 Å². The van der Waals surface area contributed by atoms with E-state index in [9.17, 15) is 4.79 Å². The van der Waals surface area contributed by atoms with Gasteiger partial charge in [-0.1, -0.05) is 35.2 Å². The van der Waals surface area contributed by atoms with E-state index in [0.29, 0.717) is 28.4 Å². The molecule has 4 rings (SSSR count). The van der Waals surface area contributed by atoms with E-state index in [1.54, 1.807) is 25.3 Å². The maximum absolute atomic E-state index is 12.6. The van der Waals surface area contributed by atoms with Crippen LogP contribution < -0.4 is 10.3 Å². The predicted molar refractivity (Wildman–Crippen MR) is 112 cm³/mol. The lowest BCUT2D eigenvalue weighted by Gasteiger charge is -2.09. The van der Waals surface area contributed by atoms with Crippen LogP contribution in [0.5, 0.6) is 5.75 Å². The van der Waals surface area contributed by atoms with Crippen LogP contribution >= 0.6 is 11.8 Å². The number of rotatable bonds is 7. The topological polar surface area (TPSA) is 87.7 Å². The number of allylic oxidation sites excluding steroid dienone is 1. The highest BCUT2D eigenvalue weighted by Crippen LogP contribution is 2.26. The van der Waals surface area contributed by atoms with E-state index in [1.165, 1.54) is 16.4 Å². The third-order valence-electron chi connectivity index (χ3n) is 4.32. The predicted octanol–water partition coefficient (Wildman–Crippen LogP) is 2.99. The molecule has 0 aliphatic rings. The molecule has 0 aliphatic carbocycles. The summed E-state index contributed by atoms with van der Waals surface area (Å²) in [5.41, 5.74) is 1.30. The second kappa shape index (κ2) is 8.27. The average Bonchev–Trinajstić information content (AvgIpc) is 3.16. The number of methoxy groups -OCH3 is 1. The quantitative estimate of drug-likeness (QED) is 0.344. The number of hydrogen-bond acceptors (Lipinski definition) is 7. The van der Waals surface area contributed by atoms with E-state index in [-0.39, 0.29) is 11.4 Å². The molecular weight excluding hydrogens is 388 g/mol. The lowest BCUT2D eigenvalue weighted by molar-refractivity contribution is 0.415. The zero-order valence-electron chi connectivity index (χ0n) is 15.7. The molecule has 0 fully saturated rings. The molecule has 0 amide bonds. The Morgan fingerprint density at radius 2 is 1.90 bits per heavy atom. The molecule has 0 atom stereocenters. The smallest absolute Gasteiger partial charge is 0.278 e. The third kappa shape index (κ3) is 3.77. The van der Waals surface area contributed by atoms with Gasteiger partial charge in [0.25, 0.3) is 5.56 Å². The Hall–Kier alpha value is -3.46. The number of hydrogen-bond donors (Lipinski definition) is 0. The molecule has 2 aromatic heterocycles. The highest BCUT2D eigenvalue weighted by atomic mass is 32.2. The fraction of sp³-hybridized carbons (Fsp3) is 0.150. The summed E-state index contributed by atoms with van der Waals surface area (Å²) in [5, 5.41) is 18.0. The van der Waals surface area contributed by atoms with Crippen molar-refractivity contribution in [2.24, 2.45) is 0 Å². The van der Waals surface area contributed by atoms with E-state index < -0.39 is 0 Å². The van der Waals surface area contributed by atoms with Crippen LogP contribution in [-0.2, 0) is 12.4 Å². The van der Waals surface area contributed by atoms with Crippen LogP contribution in [0.2, 0.25) is 0 Å². The number of ether oxygens (including phenoxy) is 1. The fourth-order valence-corrected chi connectivity index (χ4v) is 3.69. The standard InChI is InChI=1S/C20H18N6O2S/c1-3-12-25-18(14-8-10-15(28-2)11-9-14)22-23-20(25)29-13-26-19(27)16-6-4-5-7-17(16)21-24-26/h3-11H,1,12-13H2,2H3. The van der Waals surface area contributed by atoms with Gasteiger partial charge < -0.3 is 4.74 Å². The van der Waals surface area contributed by atoms with Crippen LogP contribution in [0, 0.1) is 0 Å². The second-order valence-electron chi connectivity index (χ2n) is 6.12. The van der Waals surface area contributed by atoms with Crippen molar-refractivity contribution >= 4 is 22.7 Å². The van der Waals surface area contributed by atoms with E-state index in [0.717, 1.165) is 11.3 Å². The Bertz CT molecular complexity index is 1220. The first-order valence-corrected chi connectivity index (χ1v) is 9.83. The second-order valence-corrected chi connectivity index (χ2v) is 7.03. The monoisotopic (exact) mass is 406 g/mol. The van der Waals surface area contributed by atoms with Gasteiger partial charge in [0.05, 0.1) is 18.4 Å². The molecule has 0 unspecified atom stereocenters. The van der Waals surface area contributed by atoms with Crippen molar-refractivity contribution in [1.82, 2.24) is 29.8 Å². The van der Waals surface area contributed by atoms with Crippen LogP contribution in [0.4, 0.5) is 0 Å². The molecule has 0 saturated carbocycles. The zero-order chi connectivity index (χ0) is 20.2. The molecule has 0 saturated heterocycles. The van der Waals surface area contributed by atoms with Crippen molar-refractivity contribution < 1.29 is 4.74 Å². The van der Waals surface area contributed by atoms with E-state index in [2.05, 4.69) is 27.1 Å². The summed E-state index contributed by atoms with van der Waals surface area (Å²) >= 11 is 1.36. The van der Waals surface area contributed by atoms with Gasteiger partial charge in [-0.25, -0.2) is 0 Å². The maximum atomic E-state index is 12.6. The van der Waals surface area contributed by atoms with Gasteiger partial charge in [0, 0.05) is 12.1 Å². The summed E-state index contributed by atoms with van der Waals surface area (Å²) in [6, 6.07) is 14.8. The van der Waals surface area contributed by atoms with E-state index >= 15 is 0 Å². The Balaban J connectivity index is 1.62. The van der Waals surface area contributed by atoms with E-state index in [1.807, 2.05) is 41.0 Å². The Labute approximate surface area is 170 Å². The molecule has 0 N–H and O–H groups in total. The highest BCUT2D eigenvalue weighted by molar-refractivity contribution is 7.98. The minimum Gasteiger partial charge on any atom is -0.497 e. The molecule has 29 heavy (non-hydrogen) atoms. The SMILES string of the molecule is C=CCn1c(SCn2nnc3ccccc3c2=O)nnc1-c1ccc(OC)cc1. The van der Waals surface area contributed by atoms with Gasteiger partial charge in [-0.2, -0.15) is 4.68 Å². The minimum atomic E-state index is -0.187. The number of aromatic nitrogens is 6. The van der Waals surface area contributed by atoms with Gasteiger partial charge in [-0.15, -0.1) is 21.9 Å². The molecule has 0 radical (unpaired) electrons. The molecule has 4 aromatic rings. The van der Waals surface area contributed by atoms with Crippen molar-refractivity contribution in [3.05, 3.63) is 71.5 Å². The van der Waals surface area contributed by atoms with Crippen LogP contribution in [0.25, 0.3) is 22.3 Å². The molecule has 9 heteroatoms. The molecular formula is C20H18N6O2S. The zero-order valence-corrected chi connectivity index (χ0v) is 16.5. The summed E-state index contributed by atoms with van der Waals surface area (Å²) < 4.78 is 8.48. The average molecular weight is 406 g/mol. The minimum absolute atomic E-state index is 0.187. The molecule has 2 aromatic carbocycles. The van der Waals surface area contributed by atoms with Crippen molar-refractivity contribution in [1.29, 1.82) is 0 Å². The van der Waals surface area contributed by atoms with Crippen LogP contribution in [-0.4, -0.2) is 36.9 Å². The summed E-state index contributed by atoms with van der Waals surface area (Å²) in [5.74, 6) is 1.76. The van der Waals surface area contributed by atoms with Crippen molar-refractivity contribution in [2.45, 2.75) is 17.6 Å². The summed E-state index contributed by atoms with van der Waals surface area (Å²) in [6.45, 7) is 4.36. The third-order valence-corrected chi connectivity index (χ3v) is 5.26. The molecule has 0 bridgehead atoms. The number of thioether (sulfide) groups is 1. The normalized spacial score (nSPS) is 10.9. The van der Waals surface area contributed by atoms with Gasteiger partial charge in [0.2, 0.25) is 0 Å². The van der Waals surface area contributed by atoms with Gasteiger partial charge in [-0.05, 0) is 36.4 Å². The van der Waals surface area contributed by atoms with Crippen molar-refractivity contribution in [2.75, 3.05) is 7.11 Å². The van der Waals surface area contributed by atoms with Crippen LogP contribution in [0.15, 0.2) is 71.1 Å². The van der Waals surface area contributed by atoms with Gasteiger partial charge in [-0.3, -0.25) is 9.36 Å². The maximum Gasteiger partial charge on any atom is 0.278 e. The van der Waals surface area contributed by atoms with E-state index in [4.69, 9.17) is 4.74 Å². The van der Waals surface area contributed by atoms with Gasteiger partial charge in [0.15, 0.2) is 11.0 Å². The molecule has 0 spiro atoms. The van der Waals surface area contributed by atoms with Crippen LogP contribution in [0.3, 0.4) is 0 Å². The van der Waals surface area contributed by atoms with Gasteiger partial charge >= 0.3 is 0 Å². The first kappa shape index (κ1) is 18.9. The summed E-state index contributed by atoms with van der Waals surface area (Å²) in [7, 11) is 1.63. The lowest BCUT2D eigenvalue weighted by atomic mass is 10.2. The largest absolute Gasteiger partial charge is 0.497 e. The fourth-order valence-electron chi connectivity index (χ4n) is 2.87. The molecule has 0 aliphatic heterocycles. The number of benzene rings is 2. The first-order chi connectivity index (χ1) is 14.2. The molecule has 146 valence electrons. The highest BCUT2D eigenvalue weighted by Gasteiger charge is 2.15. The molecule has 2 heterocycles.